The second-order valence-corrected chi connectivity index (χ2v) is 8.10. The number of ether oxygens (including phenoxy) is 3. The highest BCUT2D eigenvalue weighted by molar-refractivity contribution is 7.77. The number of halogens is 1. The van der Waals surface area contributed by atoms with Crippen LogP contribution >= 0.6 is 0 Å². The molecule has 3 aromatic carbocycles. The van der Waals surface area contributed by atoms with Crippen molar-refractivity contribution in [2.24, 2.45) is 0 Å². The van der Waals surface area contributed by atoms with E-state index in [0.717, 1.165) is 5.56 Å². The van der Waals surface area contributed by atoms with Crippen molar-refractivity contribution in [1.29, 1.82) is 0 Å². The first-order chi connectivity index (χ1) is 16.5. The van der Waals surface area contributed by atoms with E-state index in [4.69, 9.17) is 14.2 Å². The van der Waals surface area contributed by atoms with Crippen LogP contribution in [0.4, 0.5) is 4.39 Å². The lowest BCUT2D eigenvalue weighted by atomic mass is 9.91. The average Bonchev–Trinajstić information content (AvgIpc) is 2.85. The fraction of sp³-hybridized carbons (Fsp3) is 0.160. The van der Waals surface area contributed by atoms with Gasteiger partial charge in [-0.25, -0.2) is 9.11 Å². The fourth-order valence-corrected chi connectivity index (χ4v) is 4.10. The van der Waals surface area contributed by atoms with Gasteiger partial charge < -0.3 is 18.8 Å². The fourth-order valence-electron chi connectivity index (χ4n) is 3.80. The number of nitrogens with one attached hydrogen (secondary N) is 1. The predicted octanol–water partition coefficient (Wildman–Crippen LogP) is 4.70. The van der Waals surface area contributed by atoms with E-state index in [0.29, 0.717) is 33.7 Å². The summed E-state index contributed by atoms with van der Waals surface area (Å²) in [6.45, 7) is 0.0936. The summed E-state index contributed by atoms with van der Waals surface area (Å²) in [6.07, 6.45) is 1.55. The normalized spacial score (nSPS) is 12.8. The summed E-state index contributed by atoms with van der Waals surface area (Å²) in [5.41, 5.74) is 1.99. The van der Waals surface area contributed by atoms with Crippen molar-refractivity contribution in [1.82, 2.24) is 9.71 Å². The molecule has 0 amide bonds. The van der Waals surface area contributed by atoms with Crippen molar-refractivity contribution in [3.05, 3.63) is 89.9 Å². The minimum absolute atomic E-state index is 0.0261. The Morgan fingerprint density at radius 2 is 1.74 bits per heavy atom. The molecule has 34 heavy (non-hydrogen) atoms. The van der Waals surface area contributed by atoms with Crippen molar-refractivity contribution < 1.29 is 27.4 Å². The zero-order valence-corrected chi connectivity index (χ0v) is 19.3. The molecule has 0 aliphatic rings. The molecular weight excluding hydrogens is 459 g/mol. The van der Waals surface area contributed by atoms with E-state index < -0.39 is 17.1 Å². The zero-order valence-electron chi connectivity index (χ0n) is 18.5. The lowest BCUT2D eigenvalue weighted by Gasteiger charge is -2.20. The third kappa shape index (κ3) is 5.01. The molecule has 1 heterocycles. The molecule has 1 N–H and O–H groups in total. The van der Waals surface area contributed by atoms with E-state index in [9.17, 15) is 8.76 Å². The molecule has 4 aromatic rings. The molecule has 176 valence electrons. The van der Waals surface area contributed by atoms with Crippen LogP contribution in [0.15, 0.2) is 72.9 Å². The van der Waals surface area contributed by atoms with Crippen LogP contribution in [0.3, 0.4) is 0 Å². The van der Waals surface area contributed by atoms with Gasteiger partial charge in [0.05, 0.1) is 14.2 Å². The molecule has 1 aromatic heterocycles. The Morgan fingerprint density at radius 1 is 0.971 bits per heavy atom. The number of methoxy groups -OCH3 is 2. The highest BCUT2D eigenvalue weighted by Gasteiger charge is 2.18. The summed E-state index contributed by atoms with van der Waals surface area (Å²) in [5, 5.41) is 0.632. The van der Waals surface area contributed by atoms with Crippen LogP contribution in [0.2, 0.25) is 0 Å². The van der Waals surface area contributed by atoms with Crippen molar-refractivity contribution in [3.63, 3.8) is 0 Å². The first-order valence-corrected chi connectivity index (χ1v) is 11.4. The third-order valence-corrected chi connectivity index (χ3v) is 5.80. The molecule has 2 unspecified atom stereocenters. The van der Waals surface area contributed by atoms with Crippen LogP contribution in [0.25, 0.3) is 10.9 Å². The molecule has 0 saturated heterocycles. The molecule has 0 aliphatic heterocycles. The number of hydrogen-bond acceptors (Lipinski definition) is 6. The monoisotopic (exact) mass is 481 g/mol. The summed E-state index contributed by atoms with van der Waals surface area (Å²) in [4.78, 5) is 4.35. The molecule has 7 nitrogen and oxygen atoms in total. The molecule has 4 rings (SSSR count). The highest BCUT2D eigenvalue weighted by Crippen LogP contribution is 2.39. The van der Waals surface area contributed by atoms with Gasteiger partial charge in [-0.1, -0.05) is 36.4 Å². The predicted molar refractivity (Wildman–Crippen MR) is 127 cm³/mol. The molecule has 2 atom stereocenters. The minimum Gasteiger partial charge on any atom is -0.760 e. The summed E-state index contributed by atoms with van der Waals surface area (Å²) in [5.74, 6) is 0.456. The Labute approximate surface area is 198 Å². The number of nitrogens with zero attached hydrogens (tertiary/aromatic N) is 1. The zero-order chi connectivity index (χ0) is 24.1. The van der Waals surface area contributed by atoms with Crippen molar-refractivity contribution in [2.45, 2.75) is 5.92 Å². The maximum Gasteiger partial charge on any atom is 0.187 e. The Morgan fingerprint density at radius 3 is 2.41 bits per heavy atom. The number of aromatic nitrogens is 1. The number of hydrogen-bond donors (Lipinski definition) is 1. The molecule has 0 spiro atoms. The van der Waals surface area contributed by atoms with E-state index in [1.54, 1.807) is 30.5 Å². The van der Waals surface area contributed by atoms with E-state index in [-0.39, 0.29) is 18.2 Å². The molecule has 0 fully saturated rings. The van der Waals surface area contributed by atoms with Crippen molar-refractivity contribution in [2.75, 3.05) is 20.8 Å². The number of pyridine rings is 1. The maximum absolute atomic E-state index is 15.1. The van der Waals surface area contributed by atoms with Crippen LogP contribution < -0.4 is 18.9 Å². The Kier molecular flexibility index (Phi) is 7.36. The van der Waals surface area contributed by atoms with Gasteiger partial charge in [0.25, 0.3) is 0 Å². The molecule has 0 saturated carbocycles. The van der Waals surface area contributed by atoms with Gasteiger partial charge >= 0.3 is 0 Å². The van der Waals surface area contributed by atoms with Crippen molar-refractivity contribution in [3.8, 4) is 23.0 Å². The number of benzene rings is 3. The van der Waals surface area contributed by atoms with Crippen LogP contribution in [0, 0.1) is 5.82 Å². The average molecular weight is 482 g/mol. The summed E-state index contributed by atoms with van der Waals surface area (Å²) < 4.78 is 56.3. The van der Waals surface area contributed by atoms with Gasteiger partial charge in [0, 0.05) is 35.3 Å². The number of rotatable bonds is 9. The van der Waals surface area contributed by atoms with E-state index >= 15 is 4.39 Å². The van der Waals surface area contributed by atoms with E-state index in [2.05, 4.69) is 9.71 Å². The third-order valence-electron chi connectivity index (χ3n) is 5.40. The first kappa shape index (κ1) is 23.6. The van der Waals surface area contributed by atoms with Gasteiger partial charge in [0.2, 0.25) is 0 Å². The van der Waals surface area contributed by atoms with Gasteiger partial charge in [-0.3, -0.25) is 9.19 Å². The van der Waals surface area contributed by atoms with Gasteiger partial charge in [-0.2, -0.15) is 0 Å². The lowest BCUT2D eigenvalue weighted by molar-refractivity contribution is 0.358. The SMILES string of the molecule is COc1ccc2c(Oc3ccc(C(CNS(=O)[O-])c4ccccc4)cc3F)ccnc2c1OC. The largest absolute Gasteiger partial charge is 0.760 e. The van der Waals surface area contributed by atoms with Gasteiger partial charge in [-0.05, 0) is 41.5 Å². The van der Waals surface area contributed by atoms with Crippen LogP contribution in [-0.2, 0) is 11.3 Å². The smallest absolute Gasteiger partial charge is 0.187 e. The molecule has 0 aliphatic carbocycles. The summed E-state index contributed by atoms with van der Waals surface area (Å²) in [6, 6.07) is 19.0. The van der Waals surface area contributed by atoms with Crippen LogP contribution in [-0.4, -0.2) is 34.5 Å². The Bertz CT molecular complexity index is 1320. The topological polar surface area (TPSA) is 92.7 Å². The quantitative estimate of drug-likeness (QED) is 0.349. The Balaban J connectivity index is 1.67. The van der Waals surface area contributed by atoms with Gasteiger partial charge in [0.1, 0.15) is 11.3 Å². The van der Waals surface area contributed by atoms with Crippen LogP contribution in [0.1, 0.15) is 17.0 Å². The summed E-state index contributed by atoms with van der Waals surface area (Å²) >= 11 is -2.43. The standard InChI is InChI=1S/C25H23FN2O5S/c1-31-23-11-9-18-21(12-13-27-24(18)25(23)32-2)33-22-10-8-17(14-20(22)26)19(15-28-34(29)30)16-6-4-3-5-7-16/h3-14,19,28H,15H2,1-2H3,(H,29,30)/p-1. The van der Waals surface area contributed by atoms with Gasteiger partial charge in [-0.15, -0.1) is 0 Å². The first-order valence-electron chi connectivity index (χ1n) is 10.4. The second kappa shape index (κ2) is 10.6. The van der Waals surface area contributed by atoms with Crippen molar-refractivity contribution >= 4 is 22.2 Å². The Hall–Kier alpha value is -3.53. The highest BCUT2D eigenvalue weighted by atomic mass is 32.2. The minimum atomic E-state index is -2.43. The van der Waals surface area contributed by atoms with E-state index in [1.165, 1.54) is 26.4 Å². The van der Waals surface area contributed by atoms with Crippen LogP contribution in [0.5, 0.6) is 23.0 Å². The molecular formula is C25H22FN2O5S-. The maximum atomic E-state index is 15.1. The number of fused-ring (bicyclic) bond motifs is 1. The van der Waals surface area contributed by atoms with E-state index in [1.807, 2.05) is 30.3 Å². The summed E-state index contributed by atoms with van der Waals surface area (Å²) in [7, 11) is 3.05. The second-order valence-electron chi connectivity index (χ2n) is 7.34. The molecule has 0 bridgehead atoms. The lowest BCUT2D eigenvalue weighted by Crippen LogP contribution is -2.24. The molecule has 9 heteroatoms. The molecule has 0 radical (unpaired) electrons. The van der Waals surface area contributed by atoms with Gasteiger partial charge in [0.15, 0.2) is 23.1 Å².